The number of nitrogens with one attached hydrogen (secondary N) is 1. The van der Waals surface area contributed by atoms with Crippen LogP contribution in [0.3, 0.4) is 0 Å². The zero-order valence-corrected chi connectivity index (χ0v) is 14.3. The van der Waals surface area contributed by atoms with E-state index < -0.39 is 5.91 Å². The van der Waals surface area contributed by atoms with Crippen molar-refractivity contribution in [2.45, 2.75) is 0 Å². The number of aromatic hydroxyl groups is 1. The summed E-state index contributed by atoms with van der Waals surface area (Å²) in [7, 11) is 3.75. The molecule has 3 aromatic rings. The Bertz CT molecular complexity index is 966. The molecule has 0 fully saturated rings. The minimum Gasteiger partial charge on any atom is -0.507 e. The third-order valence-electron chi connectivity index (χ3n) is 3.49. The maximum absolute atomic E-state index is 12.2. The normalized spacial score (nSPS) is 11.2. The number of rotatable bonds is 4. The quantitative estimate of drug-likeness (QED) is 0.548. The summed E-state index contributed by atoms with van der Waals surface area (Å²) in [6.45, 7) is 0. The number of pyridine rings is 1. The molecule has 8 nitrogen and oxygen atoms in total. The smallest absolute Gasteiger partial charge is 0.309 e. The van der Waals surface area contributed by atoms with E-state index in [0.717, 1.165) is 5.69 Å². The van der Waals surface area contributed by atoms with E-state index in [1.807, 2.05) is 25.1 Å². The number of nitrogens with zero attached hydrogens (tertiary/aromatic N) is 5. The fourth-order valence-electron chi connectivity index (χ4n) is 2.17. The first kappa shape index (κ1) is 16.7. The van der Waals surface area contributed by atoms with Gasteiger partial charge >= 0.3 is 5.91 Å². The van der Waals surface area contributed by atoms with Gasteiger partial charge in [0.05, 0.1) is 11.2 Å². The number of hydrazone groups is 1. The molecule has 0 aliphatic carbocycles. The van der Waals surface area contributed by atoms with E-state index in [4.69, 9.17) is 11.6 Å². The van der Waals surface area contributed by atoms with Gasteiger partial charge in [0.25, 0.3) is 0 Å². The van der Waals surface area contributed by atoms with Crippen LogP contribution < -0.4 is 10.3 Å². The van der Waals surface area contributed by atoms with E-state index in [-0.39, 0.29) is 11.6 Å². The summed E-state index contributed by atoms with van der Waals surface area (Å²) in [5.41, 5.74) is 4.06. The predicted octanol–water partition coefficient (Wildman–Crippen LogP) is 1.92. The van der Waals surface area contributed by atoms with E-state index >= 15 is 0 Å². The van der Waals surface area contributed by atoms with Crippen molar-refractivity contribution in [3.63, 3.8) is 0 Å². The molecule has 0 saturated carbocycles. The molecule has 2 aromatic heterocycles. The van der Waals surface area contributed by atoms with Crippen molar-refractivity contribution in [2.75, 3.05) is 19.0 Å². The largest absolute Gasteiger partial charge is 0.507 e. The fourth-order valence-corrected chi connectivity index (χ4v) is 2.37. The molecule has 0 radical (unpaired) electrons. The highest BCUT2D eigenvalue weighted by Crippen LogP contribution is 2.22. The second-order valence-electron chi connectivity index (χ2n) is 5.41. The lowest BCUT2D eigenvalue weighted by Gasteiger charge is -2.12. The summed E-state index contributed by atoms with van der Waals surface area (Å²) in [4.78, 5) is 14.1. The highest BCUT2D eigenvalue weighted by atomic mass is 35.5. The SMILES string of the molecule is CN(C)c1ccc(C=NNC(=O)c2nnc3c(Cl)cccn23)c(O)c1. The number of phenols is 1. The van der Waals surface area contributed by atoms with Crippen molar-refractivity contribution in [2.24, 2.45) is 5.10 Å². The summed E-state index contributed by atoms with van der Waals surface area (Å²) in [6.07, 6.45) is 2.98. The molecule has 0 saturated heterocycles. The molecular formula is C16H15ClN6O2. The van der Waals surface area contributed by atoms with Crippen LogP contribution in [-0.4, -0.2) is 45.9 Å². The maximum atomic E-state index is 12.2. The van der Waals surface area contributed by atoms with Crippen LogP contribution >= 0.6 is 11.6 Å². The van der Waals surface area contributed by atoms with Gasteiger partial charge in [0.2, 0.25) is 5.82 Å². The van der Waals surface area contributed by atoms with Crippen molar-refractivity contribution in [1.82, 2.24) is 20.0 Å². The van der Waals surface area contributed by atoms with Crippen molar-refractivity contribution in [3.8, 4) is 5.75 Å². The van der Waals surface area contributed by atoms with E-state index in [0.29, 0.717) is 16.2 Å². The first-order valence-electron chi connectivity index (χ1n) is 7.30. The highest BCUT2D eigenvalue weighted by Gasteiger charge is 2.15. The zero-order valence-electron chi connectivity index (χ0n) is 13.5. The number of phenolic OH excluding ortho intramolecular Hbond substituents is 1. The average Bonchev–Trinajstić information content (AvgIpc) is 3.01. The van der Waals surface area contributed by atoms with Crippen molar-refractivity contribution in [3.05, 3.63) is 52.9 Å². The molecule has 3 rings (SSSR count). The number of aromatic nitrogens is 3. The van der Waals surface area contributed by atoms with Crippen LogP contribution in [0.4, 0.5) is 5.69 Å². The van der Waals surface area contributed by atoms with Gasteiger partial charge in [0.1, 0.15) is 5.75 Å². The molecule has 25 heavy (non-hydrogen) atoms. The molecule has 0 spiro atoms. The maximum Gasteiger partial charge on any atom is 0.309 e. The van der Waals surface area contributed by atoms with Crippen LogP contribution in [0.5, 0.6) is 5.75 Å². The highest BCUT2D eigenvalue weighted by molar-refractivity contribution is 6.33. The standard InChI is InChI=1S/C16H15ClN6O2/c1-22(2)11-6-5-10(13(24)8-11)9-18-21-16(25)15-20-19-14-12(17)4-3-7-23(14)15/h3-9,24H,1-2H3,(H,21,25). The van der Waals surface area contributed by atoms with Crippen molar-refractivity contribution >= 4 is 35.1 Å². The number of carbonyl (C=O) groups is 1. The topological polar surface area (TPSA) is 95.1 Å². The summed E-state index contributed by atoms with van der Waals surface area (Å²) < 4.78 is 1.47. The van der Waals surface area contributed by atoms with E-state index in [1.165, 1.54) is 10.6 Å². The second kappa shape index (κ2) is 6.78. The molecule has 128 valence electrons. The zero-order chi connectivity index (χ0) is 18.0. The Morgan fingerprint density at radius 3 is 2.88 bits per heavy atom. The van der Waals surface area contributed by atoms with Crippen LogP contribution in [0.2, 0.25) is 5.02 Å². The molecule has 2 heterocycles. The number of fused-ring (bicyclic) bond motifs is 1. The minimum atomic E-state index is -0.546. The van der Waals surface area contributed by atoms with Crippen molar-refractivity contribution in [1.29, 1.82) is 0 Å². The molecule has 0 atom stereocenters. The number of halogens is 1. The molecule has 2 N–H and O–H groups in total. The Balaban J connectivity index is 1.75. The predicted molar refractivity (Wildman–Crippen MR) is 95.5 cm³/mol. The van der Waals surface area contributed by atoms with Gasteiger partial charge in [-0.2, -0.15) is 5.10 Å². The van der Waals surface area contributed by atoms with Crippen LogP contribution in [0.15, 0.2) is 41.6 Å². The van der Waals surface area contributed by atoms with Gasteiger partial charge in [-0.15, -0.1) is 10.2 Å². The van der Waals surface area contributed by atoms with E-state index in [1.54, 1.807) is 30.5 Å². The Kier molecular flexibility index (Phi) is 4.53. The van der Waals surface area contributed by atoms with Crippen LogP contribution in [-0.2, 0) is 0 Å². The lowest BCUT2D eigenvalue weighted by atomic mass is 10.2. The number of benzene rings is 1. The van der Waals surface area contributed by atoms with Gasteiger partial charge in [0, 0.05) is 37.6 Å². The average molecular weight is 359 g/mol. The van der Waals surface area contributed by atoms with Crippen molar-refractivity contribution < 1.29 is 9.90 Å². The molecule has 1 aromatic carbocycles. The summed E-state index contributed by atoms with van der Waals surface area (Å²) in [5.74, 6) is -0.429. The first-order valence-corrected chi connectivity index (χ1v) is 7.68. The number of carbonyl (C=O) groups excluding carboxylic acids is 1. The summed E-state index contributed by atoms with van der Waals surface area (Å²) in [6, 6.07) is 8.48. The fraction of sp³-hybridized carbons (Fsp3) is 0.125. The van der Waals surface area contributed by atoms with Crippen LogP contribution in [0, 0.1) is 0 Å². The van der Waals surface area contributed by atoms with Gasteiger partial charge in [-0.25, -0.2) is 5.43 Å². The third kappa shape index (κ3) is 3.38. The minimum absolute atomic E-state index is 0.0572. The Morgan fingerprint density at radius 1 is 1.36 bits per heavy atom. The second-order valence-corrected chi connectivity index (χ2v) is 5.82. The number of hydrogen-bond acceptors (Lipinski definition) is 6. The Morgan fingerprint density at radius 2 is 2.16 bits per heavy atom. The monoisotopic (exact) mass is 358 g/mol. The van der Waals surface area contributed by atoms with Gasteiger partial charge in [-0.3, -0.25) is 9.20 Å². The molecule has 0 bridgehead atoms. The number of anilines is 1. The summed E-state index contributed by atoms with van der Waals surface area (Å²) >= 11 is 6.00. The van der Waals surface area contributed by atoms with Gasteiger partial charge < -0.3 is 10.0 Å². The third-order valence-corrected chi connectivity index (χ3v) is 3.79. The molecule has 0 aliphatic rings. The molecule has 9 heteroatoms. The number of amides is 1. The van der Waals surface area contributed by atoms with Gasteiger partial charge in [-0.1, -0.05) is 11.6 Å². The van der Waals surface area contributed by atoms with E-state index in [9.17, 15) is 9.90 Å². The summed E-state index contributed by atoms with van der Waals surface area (Å²) in [5, 5.41) is 21.9. The Labute approximate surface area is 148 Å². The van der Waals surface area contributed by atoms with Crippen LogP contribution in [0.25, 0.3) is 5.65 Å². The Hall–Kier alpha value is -3.13. The number of hydrogen-bond donors (Lipinski definition) is 2. The van der Waals surface area contributed by atoms with E-state index in [2.05, 4.69) is 20.7 Å². The molecular weight excluding hydrogens is 344 g/mol. The lowest BCUT2D eigenvalue weighted by molar-refractivity contribution is 0.0943. The first-order chi connectivity index (χ1) is 12.0. The lowest BCUT2D eigenvalue weighted by Crippen LogP contribution is -2.20. The van der Waals surface area contributed by atoms with Gasteiger partial charge in [0.15, 0.2) is 5.65 Å². The molecule has 0 aliphatic heterocycles. The van der Waals surface area contributed by atoms with Crippen LogP contribution in [0.1, 0.15) is 16.2 Å². The molecule has 0 unspecified atom stereocenters. The molecule has 1 amide bonds. The van der Waals surface area contributed by atoms with Gasteiger partial charge in [-0.05, 0) is 24.3 Å².